The summed E-state index contributed by atoms with van der Waals surface area (Å²) in [5.74, 6) is 0.770. The molecule has 0 unspecified atom stereocenters. The lowest BCUT2D eigenvalue weighted by atomic mass is 10.0. The standard InChI is InChI=1S/C15H22N2O.ClH/c1-11-7-8-13(16)9-14(11)15(18)17(2)10-12-5-3-4-6-12;/h7-9,12H,3-6,10,16H2,1-2H3;1H. The molecule has 3 nitrogen and oxygen atoms in total. The average Bonchev–Trinajstić information content (AvgIpc) is 2.84. The van der Waals surface area contributed by atoms with Crippen LogP contribution in [0.15, 0.2) is 18.2 Å². The number of amides is 1. The van der Waals surface area contributed by atoms with Crippen molar-refractivity contribution in [3.05, 3.63) is 29.3 Å². The fraction of sp³-hybridized carbons (Fsp3) is 0.533. The zero-order valence-corrected chi connectivity index (χ0v) is 12.5. The number of benzene rings is 1. The number of nitrogens with zero attached hydrogens (tertiary/aromatic N) is 1. The number of aryl methyl sites for hydroxylation is 1. The summed E-state index contributed by atoms with van der Waals surface area (Å²) in [5, 5.41) is 0. The van der Waals surface area contributed by atoms with Crippen LogP contribution in [0.2, 0.25) is 0 Å². The van der Waals surface area contributed by atoms with Gasteiger partial charge in [-0.05, 0) is 43.4 Å². The van der Waals surface area contributed by atoms with Gasteiger partial charge in [0.15, 0.2) is 0 Å². The molecule has 0 bridgehead atoms. The van der Waals surface area contributed by atoms with Crippen LogP contribution < -0.4 is 5.73 Å². The highest BCUT2D eigenvalue weighted by Crippen LogP contribution is 2.26. The fourth-order valence-corrected chi connectivity index (χ4v) is 2.74. The van der Waals surface area contributed by atoms with E-state index in [2.05, 4.69) is 0 Å². The van der Waals surface area contributed by atoms with Gasteiger partial charge < -0.3 is 10.6 Å². The first-order valence-corrected chi connectivity index (χ1v) is 6.69. The van der Waals surface area contributed by atoms with Crippen molar-refractivity contribution in [2.45, 2.75) is 32.6 Å². The summed E-state index contributed by atoms with van der Waals surface area (Å²) >= 11 is 0. The normalized spacial score (nSPS) is 15.1. The highest BCUT2D eigenvalue weighted by molar-refractivity contribution is 5.96. The molecule has 0 radical (unpaired) electrons. The number of nitrogen functional groups attached to an aromatic ring is 1. The molecular formula is C15H23ClN2O. The fourth-order valence-electron chi connectivity index (χ4n) is 2.74. The maximum absolute atomic E-state index is 12.4. The largest absolute Gasteiger partial charge is 0.399 e. The Hall–Kier alpha value is -1.22. The quantitative estimate of drug-likeness (QED) is 0.865. The second-order valence-electron chi connectivity index (χ2n) is 5.41. The summed E-state index contributed by atoms with van der Waals surface area (Å²) < 4.78 is 0. The summed E-state index contributed by atoms with van der Waals surface area (Å²) in [6.45, 7) is 2.82. The molecule has 0 saturated heterocycles. The van der Waals surface area contributed by atoms with E-state index >= 15 is 0 Å². The molecule has 19 heavy (non-hydrogen) atoms. The van der Waals surface area contributed by atoms with Crippen LogP contribution in [-0.2, 0) is 0 Å². The molecule has 1 amide bonds. The Bertz CT molecular complexity index is 442. The van der Waals surface area contributed by atoms with Crippen molar-refractivity contribution >= 4 is 24.0 Å². The van der Waals surface area contributed by atoms with Crippen molar-refractivity contribution in [3.63, 3.8) is 0 Å². The monoisotopic (exact) mass is 282 g/mol. The SMILES string of the molecule is Cc1ccc(N)cc1C(=O)N(C)CC1CCCC1.Cl. The molecule has 2 N–H and O–H groups in total. The molecule has 1 aliphatic carbocycles. The van der Waals surface area contributed by atoms with E-state index in [4.69, 9.17) is 5.73 Å². The zero-order chi connectivity index (χ0) is 13.1. The molecule has 106 valence electrons. The minimum Gasteiger partial charge on any atom is -0.399 e. The van der Waals surface area contributed by atoms with E-state index in [0.29, 0.717) is 11.6 Å². The third-order valence-corrected chi connectivity index (χ3v) is 3.85. The molecule has 1 aromatic carbocycles. The van der Waals surface area contributed by atoms with Crippen LogP contribution in [-0.4, -0.2) is 24.4 Å². The van der Waals surface area contributed by atoms with Crippen molar-refractivity contribution in [1.29, 1.82) is 0 Å². The number of hydrogen-bond donors (Lipinski definition) is 1. The lowest BCUT2D eigenvalue weighted by Crippen LogP contribution is -2.31. The van der Waals surface area contributed by atoms with E-state index in [1.54, 1.807) is 6.07 Å². The zero-order valence-electron chi connectivity index (χ0n) is 11.7. The van der Waals surface area contributed by atoms with Crippen LogP contribution in [0.1, 0.15) is 41.6 Å². The first-order chi connectivity index (χ1) is 8.58. The van der Waals surface area contributed by atoms with E-state index in [1.807, 2.05) is 31.0 Å². The van der Waals surface area contributed by atoms with E-state index in [9.17, 15) is 4.79 Å². The maximum atomic E-state index is 12.4. The van der Waals surface area contributed by atoms with Gasteiger partial charge in [0.25, 0.3) is 5.91 Å². The van der Waals surface area contributed by atoms with Gasteiger partial charge in [0, 0.05) is 24.8 Å². The van der Waals surface area contributed by atoms with Gasteiger partial charge in [0.1, 0.15) is 0 Å². The topological polar surface area (TPSA) is 46.3 Å². The third-order valence-electron chi connectivity index (χ3n) is 3.85. The van der Waals surface area contributed by atoms with Gasteiger partial charge in [-0.2, -0.15) is 0 Å². The Balaban J connectivity index is 0.00000180. The van der Waals surface area contributed by atoms with Crippen LogP contribution in [0, 0.1) is 12.8 Å². The Morgan fingerprint density at radius 1 is 1.37 bits per heavy atom. The molecule has 0 aromatic heterocycles. The van der Waals surface area contributed by atoms with Gasteiger partial charge in [-0.3, -0.25) is 4.79 Å². The van der Waals surface area contributed by atoms with Crippen molar-refractivity contribution in [3.8, 4) is 0 Å². The summed E-state index contributed by atoms with van der Waals surface area (Å²) in [4.78, 5) is 14.2. The van der Waals surface area contributed by atoms with E-state index in [1.165, 1.54) is 25.7 Å². The minimum atomic E-state index is 0. The van der Waals surface area contributed by atoms with Crippen LogP contribution in [0.4, 0.5) is 5.69 Å². The third kappa shape index (κ3) is 3.87. The number of carbonyl (C=O) groups excluding carboxylic acids is 1. The first-order valence-electron chi connectivity index (χ1n) is 6.69. The highest BCUT2D eigenvalue weighted by Gasteiger charge is 2.21. The molecule has 1 saturated carbocycles. The second kappa shape index (κ2) is 6.80. The lowest BCUT2D eigenvalue weighted by molar-refractivity contribution is 0.0772. The molecule has 4 heteroatoms. The van der Waals surface area contributed by atoms with Crippen molar-refractivity contribution < 1.29 is 4.79 Å². The Kier molecular flexibility index (Phi) is 5.67. The van der Waals surface area contributed by atoms with E-state index in [0.717, 1.165) is 17.7 Å². The first kappa shape index (κ1) is 15.8. The predicted molar refractivity (Wildman–Crippen MR) is 81.8 cm³/mol. The number of hydrogen-bond acceptors (Lipinski definition) is 2. The van der Waals surface area contributed by atoms with Gasteiger partial charge in [0.05, 0.1) is 0 Å². The minimum absolute atomic E-state index is 0. The van der Waals surface area contributed by atoms with Crippen molar-refractivity contribution in [1.82, 2.24) is 4.90 Å². The van der Waals surface area contributed by atoms with E-state index < -0.39 is 0 Å². The molecule has 1 aliphatic rings. The van der Waals surface area contributed by atoms with Crippen LogP contribution >= 0.6 is 12.4 Å². The highest BCUT2D eigenvalue weighted by atomic mass is 35.5. The summed E-state index contributed by atoms with van der Waals surface area (Å²) in [6, 6.07) is 5.53. The molecule has 2 rings (SSSR count). The smallest absolute Gasteiger partial charge is 0.253 e. The van der Waals surface area contributed by atoms with Gasteiger partial charge in [0.2, 0.25) is 0 Å². The second-order valence-corrected chi connectivity index (χ2v) is 5.41. The Morgan fingerprint density at radius 2 is 2.00 bits per heavy atom. The van der Waals surface area contributed by atoms with E-state index in [-0.39, 0.29) is 18.3 Å². The average molecular weight is 283 g/mol. The molecule has 0 aliphatic heterocycles. The summed E-state index contributed by atoms with van der Waals surface area (Å²) in [5.41, 5.74) is 8.13. The Labute approximate surface area is 121 Å². The molecule has 1 aromatic rings. The molecule has 0 atom stereocenters. The number of anilines is 1. The predicted octanol–water partition coefficient (Wildman–Crippen LogP) is 3.26. The number of halogens is 1. The number of rotatable bonds is 3. The molecule has 0 spiro atoms. The molecular weight excluding hydrogens is 260 g/mol. The lowest BCUT2D eigenvalue weighted by Gasteiger charge is -2.22. The van der Waals surface area contributed by atoms with Gasteiger partial charge in [-0.1, -0.05) is 18.9 Å². The van der Waals surface area contributed by atoms with Gasteiger partial charge in [-0.15, -0.1) is 12.4 Å². The van der Waals surface area contributed by atoms with Crippen molar-refractivity contribution in [2.24, 2.45) is 5.92 Å². The van der Waals surface area contributed by atoms with Gasteiger partial charge in [-0.25, -0.2) is 0 Å². The van der Waals surface area contributed by atoms with Gasteiger partial charge >= 0.3 is 0 Å². The van der Waals surface area contributed by atoms with Crippen LogP contribution in [0.5, 0.6) is 0 Å². The maximum Gasteiger partial charge on any atom is 0.253 e. The number of carbonyl (C=O) groups is 1. The molecule has 1 fully saturated rings. The van der Waals surface area contributed by atoms with Crippen LogP contribution in [0.25, 0.3) is 0 Å². The van der Waals surface area contributed by atoms with Crippen molar-refractivity contribution in [2.75, 3.05) is 19.3 Å². The van der Waals surface area contributed by atoms with Crippen LogP contribution in [0.3, 0.4) is 0 Å². The number of nitrogens with two attached hydrogens (primary N) is 1. The molecule has 0 heterocycles. The summed E-state index contributed by atoms with van der Waals surface area (Å²) in [7, 11) is 1.89. The Morgan fingerprint density at radius 3 is 2.63 bits per heavy atom. The summed E-state index contributed by atoms with van der Waals surface area (Å²) in [6.07, 6.45) is 5.13.